The van der Waals surface area contributed by atoms with Crippen LogP contribution in [-0.2, 0) is 0 Å². The van der Waals surface area contributed by atoms with Gasteiger partial charge >= 0.3 is 5.97 Å². The van der Waals surface area contributed by atoms with Crippen LogP contribution in [-0.4, -0.2) is 38.4 Å². The number of anilines is 1. The van der Waals surface area contributed by atoms with E-state index in [0.717, 1.165) is 0 Å². The summed E-state index contributed by atoms with van der Waals surface area (Å²) in [6, 6.07) is 1.44. The SMILES string of the molecule is COc1cc2c(c(C(=O)O)c1F)OCCN2C. The number of rotatable bonds is 2. The van der Waals surface area contributed by atoms with E-state index in [4.69, 9.17) is 14.6 Å². The lowest BCUT2D eigenvalue weighted by molar-refractivity contribution is 0.0685. The number of halogens is 1. The van der Waals surface area contributed by atoms with Crippen molar-refractivity contribution in [2.75, 3.05) is 32.2 Å². The Kier molecular flexibility index (Phi) is 2.79. The molecule has 17 heavy (non-hydrogen) atoms. The molecule has 1 N–H and O–H groups in total. The molecule has 1 heterocycles. The van der Waals surface area contributed by atoms with Gasteiger partial charge in [-0.1, -0.05) is 0 Å². The van der Waals surface area contributed by atoms with Gasteiger partial charge in [0.1, 0.15) is 12.2 Å². The summed E-state index contributed by atoms with van der Waals surface area (Å²) in [6.45, 7) is 0.941. The summed E-state index contributed by atoms with van der Waals surface area (Å²) in [5.41, 5.74) is 0.0396. The van der Waals surface area contributed by atoms with E-state index in [2.05, 4.69) is 0 Å². The molecule has 0 unspecified atom stereocenters. The van der Waals surface area contributed by atoms with E-state index < -0.39 is 17.3 Å². The number of likely N-dealkylation sites (N-methyl/N-ethyl adjacent to an activating group) is 1. The Bertz CT molecular complexity index is 475. The van der Waals surface area contributed by atoms with E-state index in [-0.39, 0.29) is 11.5 Å². The highest BCUT2D eigenvalue weighted by atomic mass is 19.1. The van der Waals surface area contributed by atoms with Gasteiger partial charge in [-0.25, -0.2) is 9.18 Å². The quantitative estimate of drug-likeness (QED) is 0.847. The number of carboxylic acid groups (broad SMARTS) is 1. The maximum absolute atomic E-state index is 13.8. The van der Waals surface area contributed by atoms with Crippen LogP contribution in [0.2, 0.25) is 0 Å². The molecule has 5 nitrogen and oxygen atoms in total. The molecule has 0 amide bonds. The molecule has 0 radical (unpaired) electrons. The van der Waals surface area contributed by atoms with Gasteiger partial charge in [0.2, 0.25) is 0 Å². The smallest absolute Gasteiger partial charge is 0.342 e. The summed E-state index contributed by atoms with van der Waals surface area (Å²) in [4.78, 5) is 12.9. The highest BCUT2D eigenvalue weighted by molar-refractivity contribution is 5.95. The fourth-order valence-electron chi connectivity index (χ4n) is 1.78. The second-order valence-electron chi connectivity index (χ2n) is 3.69. The zero-order valence-corrected chi connectivity index (χ0v) is 9.49. The van der Waals surface area contributed by atoms with Crippen LogP contribution >= 0.6 is 0 Å². The number of methoxy groups -OCH3 is 1. The van der Waals surface area contributed by atoms with Crippen LogP contribution in [0.4, 0.5) is 10.1 Å². The summed E-state index contributed by atoms with van der Waals surface area (Å²) in [5, 5.41) is 9.03. The predicted molar refractivity (Wildman–Crippen MR) is 58.7 cm³/mol. The lowest BCUT2D eigenvalue weighted by Crippen LogP contribution is -2.30. The minimum absolute atomic E-state index is 0.0598. The van der Waals surface area contributed by atoms with Gasteiger partial charge in [0, 0.05) is 13.1 Å². The van der Waals surface area contributed by atoms with Gasteiger partial charge in [-0.3, -0.25) is 0 Å². The van der Waals surface area contributed by atoms with Gasteiger partial charge in [0.25, 0.3) is 0 Å². The number of carbonyl (C=O) groups is 1. The fraction of sp³-hybridized carbons (Fsp3) is 0.364. The van der Waals surface area contributed by atoms with Gasteiger partial charge in [-0.05, 0) is 0 Å². The zero-order chi connectivity index (χ0) is 12.6. The van der Waals surface area contributed by atoms with Crippen molar-refractivity contribution in [3.63, 3.8) is 0 Å². The molecular formula is C11H12FNO4. The number of aromatic carboxylic acids is 1. The number of hydrogen-bond donors (Lipinski definition) is 1. The minimum atomic E-state index is -1.37. The van der Waals surface area contributed by atoms with Crippen molar-refractivity contribution in [2.24, 2.45) is 0 Å². The van der Waals surface area contributed by atoms with Crippen molar-refractivity contribution in [1.29, 1.82) is 0 Å². The minimum Gasteiger partial charge on any atom is -0.494 e. The van der Waals surface area contributed by atoms with Crippen LogP contribution in [0.25, 0.3) is 0 Å². The number of carboxylic acids is 1. The van der Waals surface area contributed by atoms with Gasteiger partial charge in [-0.2, -0.15) is 0 Å². The second kappa shape index (κ2) is 4.12. The standard InChI is InChI=1S/C11H12FNO4/c1-13-3-4-17-10-6(13)5-7(16-2)9(12)8(10)11(14)15/h5H,3-4H2,1-2H3,(H,14,15). The van der Waals surface area contributed by atoms with Crippen molar-refractivity contribution in [3.8, 4) is 11.5 Å². The molecule has 0 spiro atoms. The van der Waals surface area contributed by atoms with Crippen LogP contribution in [0.3, 0.4) is 0 Å². The molecule has 0 aliphatic carbocycles. The average Bonchev–Trinajstić information content (AvgIpc) is 2.28. The zero-order valence-electron chi connectivity index (χ0n) is 9.49. The largest absolute Gasteiger partial charge is 0.494 e. The van der Waals surface area contributed by atoms with Crippen LogP contribution in [0.5, 0.6) is 11.5 Å². The first-order valence-corrected chi connectivity index (χ1v) is 5.04. The number of nitrogens with zero attached hydrogens (tertiary/aromatic N) is 1. The Hall–Kier alpha value is -1.98. The molecule has 2 rings (SSSR count). The van der Waals surface area contributed by atoms with Crippen LogP contribution < -0.4 is 14.4 Å². The third-order valence-electron chi connectivity index (χ3n) is 2.68. The maximum Gasteiger partial charge on any atom is 0.342 e. The average molecular weight is 241 g/mol. The summed E-state index contributed by atoms with van der Waals surface area (Å²) in [5.74, 6) is -2.31. The lowest BCUT2D eigenvalue weighted by atomic mass is 10.1. The van der Waals surface area contributed by atoms with Crippen molar-refractivity contribution in [1.82, 2.24) is 0 Å². The maximum atomic E-state index is 13.8. The van der Waals surface area contributed by atoms with E-state index in [9.17, 15) is 9.18 Å². The molecule has 92 valence electrons. The van der Waals surface area contributed by atoms with E-state index in [1.807, 2.05) is 0 Å². The first-order valence-electron chi connectivity index (χ1n) is 5.04. The summed E-state index contributed by atoms with van der Waals surface area (Å²) < 4.78 is 23.9. The normalized spacial score (nSPS) is 13.9. The Morgan fingerprint density at radius 3 is 2.94 bits per heavy atom. The molecule has 1 aliphatic heterocycles. The van der Waals surface area contributed by atoms with Gasteiger partial charge in [-0.15, -0.1) is 0 Å². The summed E-state index contributed by atoms with van der Waals surface area (Å²) in [6.07, 6.45) is 0. The van der Waals surface area contributed by atoms with Crippen LogP contribution in [0, 0.1) is 5.82 Å². The van der Waals surface area contributed by atoms with Crippen LogP contribution in [0.15, 0.2) is 6.07 Å². The molecule has 0 saturated heterocycles. The predicted octanol–water partition coefficient (Wildman–Crippen LogP) is 1.36. The monoisotopic (exact) mass is 241 g/mol. The molecule has 0 saturated carbocycles. The summed E-state index contributed by atoms with van der Waals surface area (Å²) >= 11 is 0. The molecule has 0 aromatic heterocycles. The number of benzene rings is 1. The number of hydrogen-bond acceptors (Lipinski definition) is 4. The summed E-state index contributed by atoms with van der Waals surface area (Å²) in [7, 11) is 3.07. The van der Waals surface area contributed by atoms with E-state index in [1.165, 1.54) is 13.2 Å². The first kappa shape index (κ1) is 11.5. The molecule has 0 fully saturated rings. The Morgan fingerprint density at radius 2 is 2.35 bits per heavy atom. The Labute approximate surface area is 97.4 Å². The third kappa shape index (κ3) is 1.75. The molecule has 1 aliphatic rings. The van der Waals surface area contributed by atoms with E-state index in [1.54, 1.807) is 11.9 Å². The van der Waals surface area contributed by atoms with E-state index >= 15 is 0 Å². The van der Waals surface area contributed by atoms with Crippen LogP contribution in [0.1, 0.15) is 10.4 Å². The molecule has 1 aromatic carbocycles. The van der Waals surface area contributed by atoms with E-state index in [0.29, 0.717) is 18.8 Å². The van der Waals surface area contributed by atoms with Gasteiger partial charge in [0.15, 0.2) is 17.3 Å². The van der Waals surface area contributed by atoms with Gasteiger partial charge in [0.05, 0.1) is 19.3 Å². The van der Waals surface area contributed by atoms with Crippen molar-refractivity contribution in [3.05, 3.63) is 17.4 Å². The Balaban J connectivity index is 2.71. The third-order valence-corrected chi connectivity index (χ3v) is 2.68. The van der Waals surface area contributed by atoms with Gasteiger partial charge < -0.3 is 19.5 Å². The molecular weight excluding hydrogens is 229 g/mol. The number of ether oxygens (including phenoxy) is 2. The topological polar surface area (TPSA) is 59.0 Å². The fourth-order valence-corrected chi connectivity index (χ4v) is 1.78. The highest BCUT2D eigenvalue weighted by Crippen LogP contribution is 2.40. The lowest BCUT2D eigenvalue weighted by Gasteiger charge is -2.29. The number of fused-ring (bicyclic) bond motifs is 1. The first-order chi connectivity index (χ1) is 8.06. The molecule has 6 heteroatoms. The highest BCUT2D eigenvalue weighted by Gasteiger charge is 2.28. The van der Waals surface area contributed by atoms with Crippen molar-refractivity contribution in [2.45, 2.75) is 0 Å². The van der Waals surface area contributed by atoms with Crippen molar-refractivity contribution >= 4 is 11.7 Å². The Morgan fingerprint density at radius 1 is 1.65 bits per heavy atom. The second-order valence-corrected chi connectivity index (χ2v) is 3.69. The molecule has 0 atom stereocenters. The molecule has 0 bridgehead atoms. The molecule has 1 aromatic rings. The van der Waals surface area contributed by atoms with Crippen molar-refractivity contribution < 1.29 is 23.8 Å².